The van der Waals surface area contributed by atoms with E-state index in [4.69, 9.17) is 18.0 Å². The molecule has 16 heavy (non-hydrogen) atoms. The Morgan fingerprint density at radius 2 is 1.62 bits per heavy atom. The van der Waals surface area contributed by atoms with E-state index in [1.807, 2.05) is 30.3 Å². The highest BCUT2D eigenvalue weighted by Crippen LogP contribution is 2.15. The van der Waals surface area contributed by atoms with Gasteiger partial charge >= 0.3 is 8.80 Å². The summed E-state index contributed by atoms with van der Waals surface area (Å²) in [5.41, 5.74) is 1.13. The number of methoxy groups -OCH3 is 1. The normalized spacial score (nSPS) is 11.7. The van der Waals surface area contributed by atoms with Crippen molar-refractivity contribution in [2.24, 2.45) is 0 Å². The van der Waals surface area contributed by atoms with Gasteiger partial charge in [0.15, 0.2) is 0 Å². The van der Waals surface area contributed by atoms with Gasteiger partial charge in [-0.15, -0.1) is 0 Å². The smallest absolute Gasteiger partial charge is 0.377 e. The van der Waals surface area contributed by atoms with Crippen LogP contribution in [0.5, 0.6) is 0 Å². The van der Waals surface area contributed by atoms with E-state index in [0.29, 0.717) is 6.04 Å². The van der Waals surface area contributed by atoms with Gasteiger partial charge in [0, 0.05) is 27.4 Å². The van der Waals surface area contributed by atoms with E-state index in [1.165, 1.54) is 0 Å². The van der Waals surface area contributed by atoms with Gasteiger partial charge in [-0.1, -0.05) is 30.3 Å². The largest absolute Gasteiger partial charge is 0.506 e. The van der Waals surface area contributed by atoms with Gasteiger partial charge in [-0.25, -0.2) is 0 Å². The van der Waals surface area contributed by atoms with E-state index in [9.17, 15) is 0 Å². The molecule has 0 aromatic heterocycles. The molecule has 0 spiro atoms. The molecule has 1 aromatic rings. The minimum Gasteiger partial charge on any atom is -0.377 e. The van der Waals surface area contributed by atoms with Gasteiger partial charge in [-0.2, -0.15) is 0 Å². The van der Waals surface area contributed by atoms with Crippen LogP contribution in [0.2, 0.25) is 0 Å². The van der Waals surface area contributed by atoms with Gasteiger partial charge in [0.25, 0.3) is 0 Å². The zero-order valence-electron chi connectivity index (χ0n) is 9.93. The molecular formula is C11H18O4Si. The Bertz CT molecular complexity index is 287. The molecule has 0 saturated heterocycles. The molecule has 0 fully saturated rings. The Kier molecular flexibility index (Phi) is 5.65. The standard InChI is InChI=1S/C11H18O4Si/c1-12-10-15-16(13-2,14-3)9-11-7-5-4-6-8-11/h4-8H,9-10H2,1-3H3. The van der Waals surface area contributed by atoms with Crippen LogP contribution in [0.25, 0.3) is 0 Å². The maximum Gasteiger partial charge on any atom is 0.506 e. The summed E-state index contributed by atoms with van der Waals surface area (Å²) in [7, 11) is 2.16. The Morgan fingerprint density at radius 1 is 1.00 bits per heavy atom. The topological polar surface area (TPSA) is 36.9 Å². The van der Waals surface area contributed by atoms with Gasteiger partial charge in [0.1, 0.15) is 6.79 Å². The van der Waals surface area contributed by atoms with Crippen molar-refractivity contribution in [2.75, 3.05) is 28.1 Å². The molecular weight excluding hydrogens is 224 g/mol. The van der Waals surface area contributed by atoms with Crippen LogP contribution in [0.4, 0.5) is 0 Å². The van der Waals surface area contributed by atoms with Gasteiger partial charge in [0.2, 0.25) is 0 Å². The fourth-order valence-corrected chi connectivity index (χ4v) is 3.22. The van der Waals surface area contributed by atoms with Crippen LogP contribution >= 0.6 is 0 Å². The SMILES string of the molecule is COCO[Si](Cc1ccccc1)(OC)OC. The van der Waals surface area contributed by atoms with Crippen molar-refractivity contribution in [1.29, 1.82) is 0 Å². The molecule has 0 N–H and O–H groups in total. The first-order chi connectivity index (χ1) is 7.76. The fourth-order valence-electron chi connectivity index (χ4n) is 1.39. The highest BCUT2D eigenvalue weighted by Gasteiger charge is 2.39. The number of benzene rings is 1. The lowest BCUT2D eigenvalue weighted by Gasteiger charge is -2.25. The number of hydrogen-bond donors (Lipinski definition) is 0. The Hall–Kier alpha value is -0.723. The van der Waals surface area contributed by atoms with Gasteiger partial charge in [0.05, 0.1) is 0 Å². The summed E-state index contributed by atoms with van der Waals surface area (Å²) in [6, 6.07) is 10.6. The average Bonchev–Trinajstić information content (AvgIpc) is 2.36. The van der Waals surface area contributed by atoms with Crippen LogP contribution in [-0.2, 0) is 24.1 Å². The fraction of sp³-hybridized carbons (Fsp3) is 0.455. The summed E-state index contributed by atoms with van der Waals surface area (Å²) < 4.78 is 21.3. The van der Waals surface area contributed by atoms with E-state index in [-0.39, 0.29) is 6.79 Å². The molecule has 0 atom stereocenters. The zero-order valence-corrected chi connectivity index (χ0v) is 10.9. The van der Waals surface area contributed by atoms with Crippen LogP contribution < -0.4 is 0 Å². The second-order valence-electron chi connectivity index (χ2n) is 3.30. The lowest BCUT2D eigenvalue weighted by Crippen LogP contribution is -2.47. The van der Waals surface area contributed by atoms with Crippen molar-refractivity contribution in [2.45, 2.75) is 6.04 Å². The zero-order chi connectivity index (χ0) is 11.9. The lowest BCUT2D eigenvalue weighted by atomic mass is 10.2. The third kappa shape index (κ3) is 3.69. The Morgan fingerprint density at radius 3 is 2.12 bits per heavy atom. The van der Waals surface area contributed by atoms with Crippen LogP contribution in [0.1, 0.15) is 5.56 Å². The van der Waals surface area contributed by atoms with E-state index in [1.54, 1.807) is 21.3 Å². The average molecular weight is 242 g/mol. The summed E-state index contributed by atoms with van der Waals surface area (Å²) in [5.74, 6) is 0. The molecule has 0 radical (unpaired) electrons. The Balaban J connectivity index is 2.70. The highest BCUT2D eigenvalue weighted by atomic mass is 28.4. The second-order valence-corrected chi connectivity index (χ2v) is 6.13. The molecule has 0 unspecified atom stereocenters. The summed E-state index contributed by atoms with van der Waals surface area (Å²) in [5, 5.41) is 0. The highest BCUT2D eigenvalue weighted by molar-refractivity contribution is 6.60. The quantitative estimate of drug-likeness (QED) is 0.538. The number of ether oxygens (including phenoxy) is 1. The first kappa shape index (κ1) is 13.3. The second kappa shape index (κ2) is 6.77. The van der Waals surface area contributed by atoms with Crippen molar-refractivity contribution in [3.05, 3.63) is 35.9 Å². The van der Waals surface area contributed by atoms with Crippen LogP contribution in [0.15, 0.2) is 30.3 Å². The van der Waals surface area contributed by atoms with E-state index in [2.05, 4.69) is 0 Å². The molecule has 0 saturated carbocycles. The molecule has 0 bridgehead atoms. The summed E-state index contributed by atoms with van der Waals surface area (Å²) in [4.78, 5) is 0. The predicted octanol–water partition coefficient (Wildman–Crippen LogP) is 1.62. The molecule has 0 aliphatic heterocycles. The van der Waals surface area contributed by atoms with Crippen LogP contribution in [0.3, 0.4) is 0 Å². The summed E-state index contributed by atoms with van der Waals surface area (Å²) in [6.07, 6.45) is 0. The van der Waals surface area contributed by atoms with Crippen molar-refractivity contribution in [3.63, 3.8) is 0 Å². The number of hydrogen-bond acceptors (Lipinski definition) is 4. The predicted molar refractivity (Wildman–Crippen MR) is 62.9 cm³/mol. The van der Waals surface area contributed by atoms with Crippen molar-refractivity contribution < 1.29 is 18.0 Å². The lowest BCUT2D eigenvalue weighted by molar-refractivity contribution is -0.0112. The van der Waals surface area contributed by atoms with E-state index in [0.717, 1.165) is 5.56 Å². The molecule has 0 aliphatic carbocycles. The third-order valence-corrected chi connectivity index (χ3v) is 4.93. The van der Waals surface area contributed by atoms with Crippen molar-refractivity contribution >= 4 is 8.80 Å². The van der Waals surface area contributed by atoms with E-state index >= 15 is 0 Å². The minimum atomic E-state index is -2.63. The first-order valence-corrected chi connectivity index (χ1v) is 6.96. The molecule has 0 amide bonds. The molecule has 1 rings (SSSR count). The maximum absolute atomic E-state index is 5.55. The molecule has 90 valence electrons. The van der Waals surface area contributed by atoms with Gasteiger partial charge in [-0.3, -0.25) is 0 Å². The molecule has 0 aliphatic rings. The van der Waals surface area contributed by atoms with Crippen LogP contribution in [0, 0.1) is 0 Å². The first-order valence-electron chi connectivity index (χ1n) is 5.03. The minimum absolute atomic E-state index is 0.181. The van der Waals surface area contributed by atoms with Gasteiger partial charge in [-0.05, 0) is 5.56 Å². The van der Waals surface area contributed by atoms with Crippen LogP contribution in [-0.4, -0.2) is 36.9 Å². The molecule has 0 heterocycles. The molecule has 5 heteroatoms. The molecule has 4 nitrogen and oxygen atoms in total. The monoisotopic (exact) mass is 242 g/mol. The van der Waals surface area contributed by atoms with Gasteiger partial charge < -0.3 is 18.0 Å². The number of rotatable bonds is 7. The van der Waals surface area contributed by atoms with Crippen molar-refractivity contribution in [1.82, 2.24) is 0 Å². The maximum atomic E-state index is 5.55. The third-order valence-electron chi connectivity index (χ3n) is 2.28. The summed E-state index contributed by atoms with van der Waals surface area (Å²) in [6.45, 7) is 0.181. The van der Waals surface area contributed by atoms with Crippen molar-refractivity contribution in [3.8, 4) is 0 Å². The Labute approximate surface area is 97.5 Å². The molecule has 1 aromatic carbocycles. The van der Waals surface area contributed by atoms with E-state index < -0.39 is 8.80 Å². The summed E-state index contributed by atoms with van der Waals surface area (Å²) >= 11 is 0.